The van der Waals surface area contributed by atoms with Crippen LogP contribution in [0.2, 0.25) is 0 Å². The second kappa shape index (κ2) is 4.78. The summed E-state index contributed by atoms with van der Waals surface area (Å²) in [4.78, 5) is 9.77. The van der Waals surface area contributed by atoms with E-state index in [1.54, 1.807) is 0 Å². The van der Waals surface area contributed by atoms with Crippen LogP contribution in [0.5, 0.6) is 0 Å². The van der Waals surface area contributed by atoms with Crippen LogP contribution in [0.25, 0.3) is 0 Å². The van der Waals surface area contributed by atoms with E-state index in [0.29, 0.717) is 12.5 Å². The van der Waals surface area contributed by atoms with Crippen LogP contribution in [-0.4, -0.2) is 19.4 Å². The number of hydrogen-bond donors (Lipinski definition) is 1. The first-order valence-electron chi connectivity index (χ1n) is 2.87. The molecule has 0 saturated carbocycles. The first-order chi connectivity index (χ1) is 3.85. The van der Waals surface area contributed by atoms with Gasteiger partial charge in [0.15, 0.2) is 6.29 Å². The number of hydrogen-bond acceptors (Lipinski definition) is 2. The first kappa shape index (κ1) is 7.63. The lowest BCUT2D eigenvalue weighted by molar-refractivity contribution is 0.512. The molecule has 0 aliphatic carbocycles. The molecule has 1 unspecified atom stereocenters. The molecule has 0 rings (SSSR count). The Morgan fingerprint density at radius 1 is 1.75 bits per heavy atom. The molecule has 1 radical (unpaired) electrons. The van der Waals surface area contributed by atoms with Gasteiger partial charge in [0.25, 0.3) is 0 Å². The van der Waals surface area contributed by atoms with Crippen LogP contribution in [0.3, 0.4) is 0 Å². The lowest BCUT2D eigenvalue weighted by Gasteiger charge is -2.06. The third kappa shape index (κ3) is 2.75. The number of nitrogens with one attached hydrogen (secondary N) is 1. The van der Waals surface area contributed by atoms with Gasteiger partial charge in [-0.25, -0.2) is 0 Å². The Morgan fingerprint density at radius 3 is 2.50 bits per heavy atom. The zero-order valence-corrected chi connectivity index (χ0v) is 5.40. The fourth-order valence-corrected chi connectivity index (χ4v) is 0.551. The summed E-state index contributed by atoms with van der Waals surface area (Å²) in [5, 5.41) is 2.99. The van der Waals surface area contributed by atoms with Crippen molar-refractivity contribution in [2.75, 3.05) is 7.05 Å². The quantitative estimate of drug-likeness (QED) is 0.576. The Hall–Kier alpha value is -0.370. The Kier molecular flexibility index (Phi) is 4.56. The van der Waals surface area contributed by atoms with Crippen LogP contribution in [-0.2, 0) is 4.79 Å². The molecule has 1 N–H and O–H groups in total. The maximum absolute atomic E-state index is 9.77. The molecule has 8 heavy (non-hydrogen) atoms. The molecule has 0 aromatic carbocycles. The fourth-order valence-electron chi connectivity index (χ4n) is 0.551. The summed E-state index contributed by atoms with van der Waals surface area (Å²) in [5.41, 5.74) is 0. The van der Waals surface area contributed by atoms with E-state index in [1.807, 2.05) is 20.3 Å². The summed E-state index contributed by atoms with van der Waals surface area (Å²) >= 11 is 0. The highest BCUT2D eigenvalue weighted by molar-refractivity contribution is 5.51. The smallest absolute Gasteiger partial charge is 0.199 e. The van der Waals surface area contributed by atoms with Crippen molar-refractivity contribution in [2.45, 2.75) is 25.8 Å². The lowest BCUT2D eigenvalue weighted by Crippen LogP contribution is -2.24. The minimum atomic E-state index is 0.326. The highest BCUT2D eigenvalue weighted by Crippen LogP contribution is 1.91. The SMILES string of the molecule is CCC(C[C]=O)NC. The van der Waals surface area contributed by atoms with Crippen molar-refractivity contribution in [3.05, 3.63) is 0 Å². The summed E-state index contributed by atoms with van der Waals surface area (Å²) in [6, 6.07) is 0.326. The van der Waals surface area contributed by atoms with E-state index >= 15 is 0 Å². The average Bonchev–Trinajstić information content (AvgIpc) is 1.83. The van der Waals surface area contributed by atoms with Gasteiger partial charge in [-0.1, -0.05) is 6.92 Å². The Labute approximate surface area is 50.3 Å². The van der Waals surface area contributed by atoms with Crippen molar-refractivity contribution >= 4 is 6.29 Å². The minimum absolute atomic E-state index is 0.326. The topological polar surface area (TPSA) is 29.1 Å². The monoisotopic (exact) mass is 114 g/mol. The van der Waals surface area contributed by atoms with Gasteiger partial charge in [0.2, 0.25) is 0 Å². The van der Waals surface area contributed by atoms with Crippen molar-refractivity contribution < 1.29 is 4.79 Å². The van der Waals surface area contributed by atoms with Crippen LogP contribution >= 0.6 is 0 Å². The molecule has 0 aromatic heterocycles. The second-order valence-corrected chi connectivity index (χ2v) is 1.74. The molecule has 0 spiro atoms. The third-order valence-corrected chi connectivity index (χ3v) is 1.23. The Balaban J connectivity index is 3.20. The zero-order chi connectivity index (χ0) is 6.41. The van der Waals surface area contributed by atoms with Crippen molar-refractivity contribution in [1.82, 2.24) is 5.32 Å². The van der Waals surface area contributed by atoms with Crippen LogP contribution in [0.15, 0.2) is 0 Å². The van der Waals surface area contributed by atoms with Crippen LogP contribution in [0.4, 0.5) is 0 Å². The molecule has 0 aliphatic heterocycles. The lowest BCUT2D eigenvalue weighted by atomic mass is 10.2. The van der Waals surface area contributed by atoms with Gasteiger partial charge in [-0.05, 0) is 13.5 Å². The molecule has 0 aliphatic rings. The summed E-state index contributed by atoms with van der Waals surface area (Å²) in [6.07, 6.45) is 3.36. The highest BCUT2D eigenvalue weighted by Gasteiger charge is 1.99. The first-order valence-corrected chi connectivity index (χ1v) is 2.87. The van der Waals surface area contributed by atoms with E-state index in [4.69, 9.17) is 0 Å². The summed E-state index contributed by atoms with van der Waals surface area (Å²) in [5.74, 6) is 0. The summed E-state index contributed by atoms with van der Waals surface area (Å²) < 4.78 is 0. The van der Waals surface area contributed by atoms with Gasteiger partial charge >= 0.3 is 0 Å². The van der Waals surface area contributed by atoms with Crippen molar-refractivity contribution in [3.8, 4) is 0 Å². The standard InChI is InChI=1S/C6H12NO/c1-3-6(7-2)4-5-8/h6-7H,3-4H2,1-2H3. The highest BCUT2D eigenvalue weighted by atomic mass is 16.1. The molecule has 0 saturated heterocycles. The minimum Gasteiger partial charge on any atom is -0.317 e. The molecular formula is C6H12NO. The second-order valence-electron chi connectivity index (χ2n) is 1.74. The molecule has 47 valence electrons. The molecule has 0 amide bonds. The third-order valence-electron chi connectivity index (χ3n) is 1.23. The number of rotatable bonds is 4. The molecule has 2 heteroatoms. The van der Waals surface area contributed by atoms with Crippen molar-refractivity contribution in [2.24, 2.45) is 0 Å². The molecule has 0 heterocycles. The van der Waals surface area contributed by atoms with Crippen LogP contribution < -0.4 is 5.32 Å². The maximum atomic E-state index is 9.77. The Morgan fingerprint density at radius 2 is 2.38 bits per heavy atom. The van der Waals surface area contributed by atoms with Gasteiger partial charge in [0.1, 0.15) is 0 Å². The van der Waals surface area contributed by atoms with E-state index in [1.165, 1.54) is 0 Å². The van der Waals surface area contributed by atoms with Crippen molar-refractivity contribution in [1.29, 1.82) is 0 Å². The van der Waals surface area contributed by atoms with Gasteiger partial charge in [-0.2, -0.15) is 0 Å². The van der Waals surface area contributed by atoms with E-state index in [-0.39, 0.29) is 0 Å². The van der Waals surface area contributed by atoms with Crippen LogP contribution in [0, 0.1) is 0 Å². The van der Waals surface area contributed by atoms with E-state index < -0.39 is 0 Å². The maximum Gasteiger partial charge on any atom is 0.199 e. The molecule has 0 bridgehead atoms. The molecular weight excluding hydrogens is 102 g/mol. The van der Waals surface area contributed by atoms with Gasteiger partial charge in [-0.15, -0.1) is 0 Å². The summed E-state index contributed by atoms with van der Waals surface area (Å²) in [6.45, 7) is 2.04. The predicted molar refractivity (Wildman–Crippen MR) is 33.4 cm³/mol. The van der Waals surface area contributed by atoms with E-state index in [0.717, 1.165) is 6.42 Å². The normalized spacial score (nSPS) is 13.2. The van der Waals surface area contributed by atoms with Gasteiger partial charge in [-0.3, -0.25) is 4.79 Å². The summed E-state index contributed by atoms with van der Waals surface area (Å²) in [7, 11) is 1.85. The zero-order valence-electron chi connectivity index (χ0n) is 5.40. The largest absolute Gasteiger partial charge is 0.317 e. The van der Waals surface area contributed by atoms with Gasteiger partial charge in [0.05, 0.1) is 0 Å². The molecule has 0 fully saturated rings. The molecule has 2 nitrogen and oxygen atoms in total. The van der Waals surface area contributed by atoms with Crippen LogP contribution in [0.1, 0.15) is 19.8 Å². The molecule has 0 aromatic rings. The fraction of sp³-hybridized carbons (Fsp3) is 0.833. The van der Waals surface area contributed by atoms with Crippen molar-refractivity contribution in [3.63, 3.8) is 0 Å². The average molecular weight is 114 g/mol. The van der Waals surface area contributed by atoms with Gasteiger partial charge < -0.3 is 5.32 Å². The van der Waals surface area contributed by atoms with E-state index in [9.17, 15) is 4.79 Å². The molecule has 1 atom stereocenters. The van der Waals surface area contributed by atoms with E-state index in [2.05, 4.69) is 5.32 Å². The van der Waals surface area contributed by atoms with Gasteiger partial charge in [0, 0.05) is 12.5 Å². The predicted octanol–water partition coefficient (Wildman–Crippen LogP) is 0.484. The Bertz CT molecular complexity index is 59.5. The number of carbonyl (C=O) groups excluding carboxylic acids is 1.